The summed E-state index contributed by atoms with van der Waals surface area (Å²) in [5.74, 6) is -3.58. The summed E-state index contributed by atoms with van der Waals surface area (Å²) in [6.45, 7) is 0. The van der Waals surface area contributed by atoms with Gasteiger partial charge in [-0.05, 0) is 35.2 Å². The number of rotatable bonds is 9. The van der Waals surface area contributed by atoms with Crippen molar-refractivity contribution >= 4 is 29.4 Å². The van der Waals surface area contributed by atoms with Gasteiger partial charge in [0.1, 0.15) is 0 Å². The van der Waals surface area contributed by atoms with Gasteiger partial charge in [-0.3, -0.25) is 9.59 Å². The van der Waals surface area contributed by atoms with Crippen LogP contribution in [0.1, 0.15) is 18.4 Å². The second-order valence-corrected chi connectivity index (χ2v) is 6.66. The molecule has 0 aliphatic heterocycles. The van der Waals surface area contributed by atoms with Crippen molar-refractivity contribution in [1.29, 1.82) is 0 Å². The smallest absolute Gasteiger partial charge is 0.340 e. The number of carboxylic acid groups (broad SMARTS) is 2. The molecular weight excluding hydrogens is 389 g/mol. The van der Waals surface area contributed by atoms with Crippen LogP contribution in [0.15, 0.2) is 48.5 Å². The van der Waals surface area contributed by atoms with E-state index in [2.05, 4.69) is 5.32 Å². The van der Waals surface area contributed by atoms with Gasteiger partial charge in [0.15, 0.2) is 0 Å². The van der Waals surface area contributed by atoms with Gasteiger partial charge in [0.25, 0.3) is 0 Å². The van der Waals surface area contributed by atoms with Crippen LogP contribution in [0.3, 0.4) is 0 Å². The molecular formula is C20H19ClFNO5. The van der Waals surface area contributed by atoms with Gasteiger partial charge < -0.3 is 15.5 Å². The Morgan fingerprint density at radius 3 is 2.25 bits per heavy atom. The van der Waals surface area contributed by atoms with Crippen LogP contribution in [0.5, 0.6) is 0 Å². The zero-order chi connectivity index (χ0) is 20.7. The SMILES string of the molecule is O=C(O)CCC(=O)NC(Cc1ccc(-c2cccc(Cl)c2)cc1)C(F)C(=O)O. The molecule has 148 valence electrons. The summed E-state index contributed by atoms with van der Waals surface area (Å²) in [6, 6.07) is 12.9. The molecule has 28 heavy (non-hydrogen) atoms. The van der Waals surface area contributed by atoms with Crippen molar-refractivity contribution < 1.29 is 29.0 Å². The highest BCUT2D eigenvalue weighted by atomic mass is 35.5. The Bertz CT molecular complexity index is 856. The van der Waals surface area contributed by atoms with E-state index in [9.17, 15) is 18.8 Å². The first-order chi connectivity index (χ1) is 13.3. The highest BCUT2D eigenvalue weighted by Crippen LogP contribution is 2.23. The van der Waals surface area contributed by atoms with E-state index in [0.29, 0.717) is 10.6 Å². The molecule has 8 heteroatoms. The molecule has 0 fully saturated rings. The number of alkyl halides is 1. The number of halogens is 2. The Hall–Kier alpha value is -2.93. The van der Waals surface area contributed by atoms with E-state index in [1.807, 2.05) is 12.1 Å². The molecule has 3 N–H and O–H groups in total. The van der Waals surface area contributed by atoms with Crippen LogP contribution in [-0.4, -0.2) is 40.3 Å². The van der Waals surface area contributed by atoms with Crippen molar-refractivity contribution in [3.8, 4) is 11.1 Å². The fourth-order valence-electron chi connectivity index (χ4n) is 2.65. The van der Waals surface area contributed by atoms with E-state index in [0.717, 1.165) is 11.1 Å². The van der Waals surface area contributed by atoms with Crippen LogP contribution in [0.25, 0.3) is 11.1 Å². The minimum Gasteiger partial charge on any atom is -0.481 e. The predicted octanol–water partition coefficient (Wildman–Crippen LogP) is 3.32. The number of carbonyl (C=O) groups excluding carboxylic acids is 1. The Morgan fingerprint density at radius 2 is 1.68 bits per heavy atom. The van der Waals surface area contributed by atoms with Crippen molar-refractivity contribution in [3.63, 3.8) is 0 Å². The van der Waals surface area contributed by atoms with E-state index in [1.54, 1.807) is 36.4 Å². The lowest BCUT2D eigenvalue weighted by Gasteiger charge is -2.20. The number of hydrogen-bond donors (Lipinski definition) is 3. The Kier molecular flexibility index (Phi) is 7.52. The Labute approximate surface area is 165 Å². The Balaban J connectivity index is 2.11. The summed E-state index contributed by atoms with van der Waals surface area (Å²) in [4.78, 5) is 33.4. The molecule has 0 radical (unpaired) electrons. The average Bonchev–Trinajstić information content (AvgIpc) is 2.65. The first kappa shape index (κ1) is 21.4. The second kappa shape index (κ2) is 9.85. The number of carboxylic acids is 2. The molecule has 2 aromatic carbocycles. The van der Waals surface area contributed by atoms with Gasteiger partial charge >= 0.3 is 11.9 Å². The molecule has 2 aromatic rings. The lowest BCUT2D eigenvalue weighted by atomic mass is 9.98. The first-order valence-electron chi connectivity index (χ1n) is 8.49. The lowest BCUT2D eigenvalue weighted by Crippen LogP contribution is -2.46. The molecule has 1 amide bonds. The van der Waals surface area contributed by atoms with Crippen molar-refractivity contribution in [3.05, 3.63) is 59.1 Å². The average molecular weight is 408 g/mol. The molecule has 2 rings (SSSR count). The molecule has 0 aliphatic rings. The molecule has 0 bridgehead atoms. The quantitative estimate of drug-likeness (QED) is 0.591. The maximum absolute atomic E-state index is 14.1. The first-order valence-corrected chi connectivity index (χ1v) is 8.87. The monoisotopic (exact) mass is 407 g/mol. The van der Waals surface area contributed by atoms with Crippen molar-refractivity contribution in [2.75, 3.05) is 0 Å². The minimum absolute atomic E-state index is 0.0535. The van der Waals surface area contributed by atoms with Crippen LogP contribution >= 0.6 is 11.6 Å². The van der Waals surface area contributed by atoms with Crippen LogP contribution in [0.2, 0.25) is 5.02 Å². The van der Waals surface area contributed by atoms with Gasteiger partial charge in [-0.2, -0.15) is 0 Å². The molecule has 0 aromatic heterocycles. The topological polar surface area (TPSA) is 104 Å². The minimum atomic E-state index is -2.32. The number of benzene rings is 2. The van der Waals surface area contributed by atoms with Crippen LogP contribution in [-0.2, 0) is 20.8 Å². The molecule has 0 heterocycles. The fourth-order valence-corrected chi connectivity index (χ4v) is 2.84. The number of carbonyl (C=O) groups is 3. The highest BCUT2D eigenvalue weighted by Gasteiger charge is 2.29. The van der Waals surface area contributed by atoms with Crippen LogP contribution in [0, 0.1) is 0 Å². The van der Waals surface area contributed by atoms with Crippen LogP contribution in [0.4, 0.5) is 4.39 Å². The van der Waals surface area contributed by atoms with Gasteiger partial charge in [-0.1, -0.05) is 48.0 Å². The van der Waals surface area contributed by atoms with Crippen molar-refractivity contribution in [2.45, 2.75) is 31.5 Å². The largest absolute Gasteiger partial charge is 0.481 e. The van der Waals surface area contributed by atoms with Gasteiger partial charge in [0, 0.05) is 11.4 Å². The molecule has 0 spiro atoms. The highest BCUT2D eigenvalue weighted by molar-refractivity contribution is 6.30. The third-order valence-corrected chi connectivity index (χ3v) is 4.30. The Morgan fingerprint density at radius 1 is 1.00 bits per heavy atom. The maximum Gasteiger partial charge on any atom is 0.340 e. The lowest BCUT2D eigenvalue weighted by molar-refractivity contribution is -0.144. The van der Waals surface area contributed by atoms with E-state index < -0.39 is 36.5 Å². The zero-order valence-corrected chi connectivity index (χ0v) is 15.5. The van der Waals surface area contributed by atoms with Crippen molar-refractivity contribution in [1.82, 2.24) is 5.32 Å². The van der Waals surface area contributed by atoms with Gasteiger partial charge in [-0.25, -0.2) is 9.18 Å². The molecule has 2 atom stereocenters. The molecule has 0 saturated heterocycles. The maximum atomic E-state index is 14.1. The summed E-state index contributed by atoms with van der Waals surface area (Å²) in [5, 5.41) is 20.4. The van der Waals surface area contributed by atoms with Gasteiger partial charge in [-0.15, -0.1) is 0 Å². The van der Waals surface area contributed by atoms with Crippen LogP contribution < -0.4 is 5.32 Å². The second-order valence-electron chi connectivity index (χ2n) is 6.22. The third-order valence-electron chi connectivity index (χ3n) is 4.07. The molecule has 0 aliphatic carbocycles. The van der Waals surface area contributed by atoms with E-state index in [-0.39, 0.29) is 12.8 Å². The fraction of sp³-hybridized carbons (Fsp3) is 0.250. The predicted molar refractivity (Wildman–Crippen MR) is 102 cm³/mol. The van der Waals surface area contributed by atoms with Gasteiger partial charge in [0.2, 0.25) is 12.1 Å². The van der Waals surface area contributed by atoms with Crippen molar-refractivity contribution in [2.24, 2.45) is 0 Å². The van der Waals surface area contributed by atoms with E-state index in [1.165, 1.54) is 0 Å². The van der Waals surface area contributed by atoms with E-state index in [4.69, 9.17) is 21.8 Å². The summed E-state index contributed by atoms with van der Waals surface area (Å²) < 4.78 is 14.1. The van der Waals surface area contributed by atoms with E-state index >= 15 is 0 Å². The molecule has 6 nitrogen and oxygen atoms in total. The number of aliphatic carboxylic acids is 2. The summed E-state index contributed by atoms with van der Waals surface area (Å²) in [5.41, 5.74) is 2.40. The standard InChI is InChI=1S/C20H19ClFNO5/c21-15-3-1-2-14(11-15)13-6-4-12(5-7-13)10-16(19(22)20(27)28)23-17(24)8-9-18(25)26/h1-7,11,16,19H,8-10H2,(H,23,24)(H,25,26)(H,27,28). The zero-order valence-electron chi connectivity index (χ0n) is 14.8. The molecule has 0 saturated carbocycles. The molecule has 2 unspecified atom stereocenters. The number of hydrogen-bond acceptors (Lipinski definition) is 3. The summed E-state index contributed by atoms with van der Waals surface area (Å²) >= 11 is 5.98. The summed E-state index contributed by atoms with van der Waals surface area (Å²) in [7, 11) is 0. The summed E-state index contributed by atoms with van der Waals surface area (Å²) in [6.07, 6.45) is -3.15. The third kappa shape index (κ3) is 6.35. The normalized spacial score (nSPS) is 12.8. The van der Waals surface area contributed by atoms with Gasteiger partial charge in [0.05, 0.1) is 12.5 Å². The number of amides is 1. The number of nitrogens with one attached hydrogen (secondary N) is 1.